The Morgan fingerprint density at radius 1 is 1.27 bits per heavy atom. The molecule has 0 amide bonds. The molecule has 0 spiro atoms. The van der Waals surface area contributed by atoms with Crippen LogP contribution in [0.2, 0.25) is 0 Å². The summed E-state index contributed by atoms with van der Waals surface area (Å²) in [5.41, 5.74) is -5.23. The maximum atomic E-state index is 16.9. The number of fused-ring (bicyclic) bond motifs is 5. The highest BCUT2D eigenvalue weighted by Gasteiger charge is 2.74. The molecule has 6 nitrogen and oxygen atoms in total. The van der Waals surface area contributed by atoms with Crippen molar-refractivity contribution in [3.8, 4) is 0 Å². The van der Waals surface area contributed by atoms with E-state index < -0.39 is 52.5 Å². The minimum atomic E-state index is -2.00. The van der Waals surface area contributed by atoms with E-state index in [1.807, 2.05) is 0 Å². The van der Waals surface area contributed by atoms with Gasteiger partial charge in [0.1, 0.15) is 5.60 Å². The largest absolute Gasteiger partial charge is 0.458 e. The van der Waals surface area contributed by atoms with Crippen molar-refractivity contribution in [1.82, 2.24) is 0 Å². The summed E-state index contributed by atoms with van der Waals surface area (Å²) in [6.07, 6.45) is 4.47. The van der Waals surface area contributed by atoms with Crippen molar-refractivity contribution in [3.63, 3.8) is 0 Å². The average Bonchev–Trinajstić information content (AvgIpc) is 2.94. The van der Waals surface area contributed by atoms with E-state index in [-0.39, 0.29) is 24.5 Å². The van der Waals surface area contributed by atoms with Crippen LogP contribution in [0.15, 0.2) is 23.8 Å². The molecular formula is C23H29FO6. The van der Waals surface area contributed by atoms with Crippen molar-refractivity contribution in [3.05, 3.63) is 23.8 Å². The molecule has 0 aromatic heterocycles. The van der Waals surface area contributed by atoms with Gasteiger partial charge in [-0.2, -0.15) is 0 Å². The van der Waals surface area contributed by atoms with Crippen molar-refractivity contribution in [1.29, 1.82) is 0 Å². The zero-order valence-electron chi connectivity index (χ0n) is 17.6. The van der Waals surface area contributed by atoms with Gasteiger partial charge in [-0.15, -0.1) is 0 Å². The molecule has 3 saturated carbocycles. The topological polar surface area (TPSA) is 101 Å². The number of Topliss-reactive ketones (excluding diaryl/α,β-unsaturated/α-hetero) is 1. The summed E-state index contributed by atoms with van der Waals surface area (Å²) in [5, 5.41) is 22.6. The summed E-state index contributed by atoms with van der Waals surface area (Å²) < 4.78 is 21.7. The van der Waals surface area contributed by atoms with E-state index in [0.717, 1.165) is 0 Å². The zero-order valence-corrected chi connectivity index (χ0v) is 17.6. The SMILES string of the molecule is CC(=O)OCC(=O)[C@@]1(O)CCC2C3CCC4=CC(=O)C=C[C@]4(C)[C@@]3(F)[C@@H](O)C[C@@]21C. The van der Waals surface area contributed by atoms with Crippen molar-refractivity contribution >= 4 is 17.5 Å². The van der Waals surface area contributed by atoms with Crippen molar-refractivity contribution < 1.29 is 33.7 Å². The Morgan fingerprint density at radius 2 is 1.97 bits per heavy atom. The number of alkyl halides is 1. The number of ketones is 2. The normalized spacial score (nSPS) is 47.1. The molecule has 0 radical (unpaired) electrons. The maximum absolute atomic E-state index is 16.9. The number of ether oxygens (including phenoxy) is 1. The second-order valence-electron chi connectivity index (χ2n) is 9.87. The molecule has 2 N–H and O–H groups in total. The quantitative estimate of drug-likeness (QED) is 0.679. The minimum absolute atomic E-state index is 0.0857. The van der Waals surface area contributed by atoms with Crippen LogP contribution in [0.4, 0.5) is 4.39 Å². The Hall–Kier alpha value is -1.86. The predicted molar refractivity (Wildman–Crippen MR) is 105 cm³/mol. The van der Waals surface area contributed by atoms with Crippen molar-refractivity contribution in [2.75, 3.05) is 6.61 Å². The van der Waals surface area contributed by atoms with E-state index in [4.69, 9.17) is 4.74 Å². The highest BCUT2D eigenvalue weighted by molar-refractivity contribution is 6.01. The third kappa shape index (κ3) is 2.51. The number of hydrogen-bond acceptors (Lipinski definition) is 6. The molecule has 2 unspecified atom stereocenters. The molecule has 7 atom stereocenters. The molecule has 0 aromatic rings. The second kappa shape index (κ2) is 6.57. The number of carbonyl (C=O) groups excluding carboxylic acids is 3. The number of aliphatic hydroxyl groups excluding tert-OH is 1. The van der Waals surface area contributed by atoms with Gasteiger partial charge in [0.2, 0.25) is 5.78 Å². The summed E-state index contributed by atoms with van der Waals surface area (Å²) in [5.74, 6) is -2.28. The molecule has 30 heavy (non-hydrogen) atoms. The first-order valence-corrected chi connectivity index (χ1v) is 10.6. The molecule has 0 aliphatic heterocycles. The lowest BCUT2D eigenvalue weighted by molar-refractivity contribution is -0.217. The van der Waals surface area contributed by atoms with E-state index in [1.54, 1.807) is 19.9 Å². The number of aliphatic hydroxyl groups is 2. The highest BCUT2D eigenvalue weighted by Crippen LogP contribution is 2.69. The van der Waals surface area contributed by atoms with Gasteiger partial charge in [0.15, 0.2) is 18.1 Å². The molecule has 0 bridgehead atoms. The Kier molecular flexibility index (Phi) is 4.68. The fraction of sp³-hybridized carbons (Fsp3) is 0.696. The van der Waals surface area contributed by atoms with Crippen LogP contribution in [0.3, 0.4) is 0 Å². The Bertz CT molecular complexity index is 879. The van der Waals surface area contributed by atoms with E-state index in [9.17, 15) is 24.6 Å². The average molecular weight is 420 g/mol. The number of esters is 1. The lowest BCUT2D eigenvalue weighted by Gasteiger charge is -2.62. The van der Waals surface area contributed by atoms with Crippen LogP contribution >= 0.6 is 0 Å². The third-order valence-corrected chi connectivity index (χ3v) is 8.66. The van der Waals surface area contributed by atoms with Gasteiger partial charge in [0, 0.05) is 23.7 Å². The molecule has 0 heterocycles. The first-order chi connectivity index (χ1) is 13.9. The third-order valence-electron chi connectivity index (χ3n) is 8.66. The lowest BCUT2D eigenvalue weighted by Crippen LogP contribution is -2.69. The number of hydrogen-bond donors (Lipinski definition) is 2. The van der Waals surface area contributed by atoms with Gasteiger partial charge in [-0.1, -0.05) is 18.6 Å². The minimum Gasteiger partial charge on any atom is -0.458 e. The van der Waals surface area contributed by atoms with Gasteiger partial charge in [-0.05, 0) is 57.1 Å². The van der Waals surface area contributed by atoms with Gasteiger partial charge in [0.25, 0.3) is 0 Å². The van der Waals surface area contributed by atoms with Gasteiger partial charge >= 0.3 is 5.97 Å². The van der Waals surface area contributed by atoms with E-state index >= 15 is 4.39 Å². The molecule has 4 rings (SSSR count). The van der Waals surface area contributed by atoms with Crippen LogP contribution in [0, 0.1) is 22.7 Å². The lowest BCUT2D eigenvalue weighted by atomic mass is 9.44. The predicted octanol–water partition coefficient (Wildman–Crippen LogP) is 2.22. The van der Waals surface area contributed by atoms with E-state index in [0.29, 0.717) is 24.8 Å². The smallest absolute Gasteiger partial charge is 0.303 e. The Morgan fingerprint density at radius 3 is 2.63 bits per heavy atom. The van der Waals surface area contributed by atoms with Crippen molar-refractivity contribution in [2.45, 2.75) is 70.2 Å². The van der Waals surface area contributed by atoms with Crippen LogP contribution in [-0.2, 0) is 19.1 Å². The number of rotatable bonds is 3. The molecule has 164 valence electrons. The number of halogens is 1. The van der Waals surface area contributed by atoms with Gasteiger partial charge in [0.05, 0.1) is 6.10 Å². The first kappa shape index (κ1) is 21.4. The molecule has 4 aliphatic carbocycles. The zero-order chi connectivity index (χ0) is 22.1. The van der Waals surface area contributed by atoms with Crippen LogP contribution in [0.5, 0.6) is 0 Å². The standard InChI is InChI=1S/C23H29FO6/c1-13(25)30-12-19(28)22(29)9-7-16-17-5-4-14-10-15(26)6-8-20(14,2)23(17,24)18(27)11-21(16,22)3/h6,8,10,16-18,27,29H,4-5,7,9,11-12H2,1-3H3/t16?,17?,18-,20-,21-,22-,23-/m0/s1. The summed E-state index contributed by atoms with van der Waals surface area (Å²) in [7, 11) is 0. The first-order valence-electron chi connectivity index (χ1n) is 10.6. The number of carbonyl (C=O) groups is 3. The summed E-state index contributed by atoms with van der Waals surface area (Å²) in [6.45, 7) is 4.12. The van der Waals surface area contributed by atoms with Gasteiger partial charge in [-0.25, -0.2) is 4.39 Å². The molecule has 4 aliphatic rings. The maximum Gasteiger partial charge on any atom is 0.303 e. The molecule has 0 saturated heterocycles. The molecule has 0 aromatic carbocycles. The second-order valence-corrected chi connectivity index (χ2v) is 9.87. The fourth-order valence-electron chi connectivity index (χ4n) is 6.96. The van der Waals surface area contributed by atoms with Gasteiger partial charge in [-0.3, -0.25) is 14.4 Å². The van der Waals surface area contributed by atoms with Gasteiger partial charge < -0.3 is 14.9 Å². The van der Waals surface area contributed by atoms with E-state index in [2.05, 4.69) is 0 Å². The fourth-order valence-corrected chi connectivity index (χ4v) is 6.96. The highest BCUT2D eigenvalue weighted by atomic mass is 19.1. The monoisotopic (exact) mass is 420 g/mol. The van der Waals surface area contributed by atoms with Crippen LogP contribution < -0.4 is 0 Å². The number of allylic oxidation sites excluding steroid dienone is 4. The van der Waals surface area contributed by atoms with Crippen molar-refractivity contribution in [2.24, 2.45) is 22.7 Å². The summed E-state index contributed by atoms with van der Waals surface area (Å²) >= 11 is 0. The Balaban J connectivity index is 1.72. The Labute approximate surface area is 175 Å². The van der Waals surface area contributed by atoms with Crippen LogP contribution in [0.1, 0.15) is 52.9 Å². The molecule has 3 fully saturated rings. The van der Waals surface area contributed by atoms with Crippen LogP contribution in [-0.4, -0.2) is 51.7 Å². The molecule has 7 heteroatoms. The van der Waals surface area contributed by atoms with E-state index in [1.165, 1.54) is 19.1 Å². The van der Waals surface area contributed by atoms with Crippen LogP contribution in [0.25, 0.3) is 0 Å². The summed E-state index contributed by atoms with van der Waals surface area (Å²) in [4.78, 5) is 35.8. The summed E-state index contributed by atoms with van der Waals surface area (Å²) in [6, 6.07) is 0. The molecular weight excluding hydrogens is 391 g/mol.